The highest BCUT2D eigenvalue weighted by atomic mass is 16.2. The number of hydrogen-bond acceptors (Lipinski definition) is 4. The Kier molecular flexibility index (Phi) is 5.60. The molecule has 1 saturated heterocycles. The second kappa shape index (κ2) is 7.22. The molecular formula is C14H28N4O. The van der Waals surface area contributed by atoms with Gasteiger partial charge in [0.15, 0.2) is 0 Å². The van der Waals surface area contributed by atoms with Gasteiger partial charge in [-0.3, -0.25) is 14.6 Å². The van der Waals surface area contributed by atoms with Gasteiger partial charge in [0.25, 0.3) is 0 Å². The van der Waals surface area contributed by atoms with Crippen molar-refractivity contribution in [1.29, 1.82) is 0 Å². The highest BCUT2D eigenvalue weighted by Gasteiger charge is 2.24. The zero-order valence-corrected chi connectivity index (χ0v) is 12.1. The van der Waals surface area contributed by atoms with Gasteiger partial charge in [0.05, 0.1) is 6.54 Å². The Morgan fingerprint density at radius 3 is 2.53 bits per heavy atom. The van der Waals surface area contributed by atoms with E-state index in [2.05, 4.69) is 22.0 Å². The summed E-state index contributed by atoms with van der Waals surface area (Å²) < 4.78 is 0. The molecule has 110 valence electrons. The van der Waals surface area contributed by atoms with Crippen molar-refractivity contribution < 1.29 is 4.79 Å². The molecule has 2 rings (SSSR count). The number of amides is 1. The molecule has 5 heteroatoms. The molecule has 1 aliphatic heterocycles. The van der Waals surface area contributed by atoms with Gasteiger partial charge >= 0.3 is 0 Å². The fourth-order valence-electron chi connectivity index (χ4n) is 2.70. The van der Waals surface area contributed by atoms with Crippen molar-refractivity contribution in [1.82, 2.24) is 15.1 Å². The Morgan fingerprint density at radius 2 is 2.00 bits per heavy atom. The van der Waals surface area contributed by atoms with Crippen LogP contribution in [0.5, 0.6) is 0 Å². The summed E-state index contributed by atoms with van der Waals surface area (Å²) in [4.78, 5) is 16.5. The lowest BCUT2D eigenvalue weighted by molar-refractivity contribution is -0.122. The van der Waals surface area contributed by atoms with Crippen LogP contribution in [0.3, 0.4) is 0 Å². The fraction of sp³-hybridized carbons (Fsp3) is 0.929. The number of carbonyl (C=O) groups is 1. The highest BCUT2D eigenvalue weighted by molar-refractivity contribution is 5.78. The number of hydrogen-bond donors (Lipinski definition) is 2. The topological polar surface area (TPSA) is 61.6 Å². The molecule has 1 aliphatic carbocycles. The second-order valence-corrected chi connectivity index (χ2v) is 5.86. The Balaban J connectivity index is 1.63. The highest BCUT2D eigenvalue weighted by Crippen LogP contribution is 2.27. The van der Waals surface area contributed by atoms with Crippen LogP contribution in [0.1, 0.15) is 26.2 Å². The van der Waals surface area contributed by atoms with Crippen LogP contribution < -0.4 is 11.1 Å². The van der Waals surface area contributed by atoms with Gasteiger partial charge in [-0.05, 0) is 25.2 Å². The van der Waals surface area contributed by atoms with Crippen LogP contribution in [-0.2, 0) is 4.79 Å². The van der Waals surface area contributed by atoms with Gasteiger partial charge in [0.2, 0.25) is 5.91 Å². The fourth-order valence-corrected chi connectivity index (χ4v) is 2.70. The lowest BCUT2D eigenvalue weighted by Gasteiger charge is -2.38. The summed E-state index contributed by atoms with van der Waals surface area (Å²) in [5.74, 6) is 0.946. The molecule has 1 unspecified atom stereocenters. The van der Waals surface area contributed by atoms with Crippen molar-refractivity contribution in [2.75, 3.05) is 45.8 Å². The molecule has 1 saturated carbocycles. The third-order valence-electron chi connectivity index (χ3n) is 4.32. The van der Waals surface area contributed by atoms with Crippen molar-refractivity contribution in [2.24, 2.45) is 11.7 Å². The van der Waals surface area contributed by atoms with Crippen molar-refractivity contribution in [3.05, 3.63) is 0 Å². The van der Waals surface area contributed by atoms with Gasteiger partial charge < -0.3 is 11.1 Å². The quantitative estimate of drug-likeness (QED) is 0.675. The maximum Gasteiger partial charge on any atom is 0.234 e. The summed E-state index contributed by atoms with van der Waals surface area (Å²) in [5.41, 5.74) is 5.78. The first-order valence-corrected chi connectivity index (χ1v) is 7.66. The minimum Gasteiger partial charge on any atom is -0.355 e. The number of nitrogens with one attached hydrogen (secondary N) is 1. The Morgan fingerprint density at radius 1 is 1.32 bits per heavy atom. The molecule has 2 aliphatic rings. The molecule has 19 heavy (non-hydrogen) atoms. The van der Waals surface area contributed by atoms with Crippen molar-refractivity contribution in [2.45, 2.75) is 32.2 Å². The molecule has 0 aromatic heterocycles. The van der Waals surface area contributed by atoms with E-state index >= 15 is 0 Å². The van der Waals surface area contributed by atoms with Gasteiger partial charge in [0.1, 0.15) is 0 Å². The predicted octanol–water partition coefficient (Wildman–Crippen LogP) is -0.132. The van der Waals surface area contributed by atoms with E-state index in [1.54, 1.807) is 0 Å². The minimum absolute atomic E-state index is 0.186. The summed E-state index contributed by atoms with van der Waals surface area (Å²) in [6.07, 6.45) is 3.69. The van der Waals surface area contributed by atoms with Crippen molar-refractivity contribution in [3.63, 3.8) is 0 Å². The lowest BCUT2D eigenvalue weighted by Crippen LogP contribution is -2.53. The number of carbonyl (C=O) groups excluding carboxylic acids is 1. The largest absolute Gasteiger partial charge is 0.355 e. The summed E-state index contributed by atoms with van der Waals surface area (Å²) in [7, 11) is 0. The first-order valence-electron chi connectivity index (χ1n) is 7.66. The van der Waals surface area contributed by atoms with Crippen LogP contribution in [0.2, 0.25) is 0 Å². The molecule has 0 bridgehead atoms. The number of nitrogens with zero attached hydrogens (tertiary/aromatic N) is 2. The van der Waals surface area contributed by atoms with E-state index in [0.717, 1.165) is 51.6 Å². The molecule has 0 spiro atoms. The maximum absolute atomic E-state index is 11.8. The monoisotopic (exact) mass is 268 g/mol. The standard InChI is InChI=1S/C14H28N4O/c1-2-13(9-15)18-7-5-17(6-8-18)11-14(19)16-10-12-3-4-12/h12-13H,2-11,15H2,1H3,(H,16,19). The van der Waals surface area contributed by atoms with Gasteiger partial charge in [-0.2, -0.15) is 0 Å². The third kappa shape index (κ3) is 4.75. The molecule has 1 atom stereocenters. The third-order valence-corrected chi connectivity index (χ3v) is 4.32. The van der Waals surface area contributed by atoms with Crippen molar-refractivity contribution in [3.8, 4) is 0 Å². The Labute approximate surface area is 116 Å². The molecule has 2 fully saturated rings. The van der Waals surface area contributed by atoms with E-state index in [0.29, 0.717) is 12.6 Å². The van der Waals surface area contributed by atoms with E-state index in [9.17, 15) is 4.79 Å². The van der Waals surface area contributed by atoms with Gasteiger partial charge in [-0.25, -0.2) is 0 Å². The molecule has 0 aromatic carbocycles. The summed E-state index contributed by atoms with van der Waals surface area (Å²) in [5, 5.41) is 3.03. The Bertz CT molecular complexity index is 281. The smallest absolute Gasteiger partial charge is 0.234 e. The minimum atomic E-state index is 0.186. The number of nitrogens with two attached hydrogens (primary N) is 1. The van der Waals surface area contributed by atoms with Crippen LogP contribution in [0, 0.1) is 5.92 Å². The van der Waals surface area contributed by atoms with E-state index in [1.165, 1.54) is 12.8 Å². The van der Waals surface area contributed by atoms with Gasteiger partial charge in [0, 0.05) is 45.3 Å². The second-order valence-electron chi connectivity index (χ2n) is 5.86. The normalized spacial score (nSPS) is 23.3. The number of piperazine rings is 1. The summed E-state index contributed by atoms with van der Waals surface area (Å²) >= 11 is 0. The zero-order chi connectivity index (χ0) is 13.7. The molecule has 0 aromatic rings. The lowest BCUT2D eigenvalue weighted by atomic mass is 10.1. The molecule has 3 N–H and O–H groups in total. The average molecular weight is 268 g/mol. The van der Waals surface area contributed by atoms with E-state index < -0.39 is 0 Å². The van der Waals surface area contributed by atoms with Crippen molar-refractivity contribution >= 4 is 5.91 Å². The SMILES string of the molecule is CCC(CN)N1CCN(CC(=O)NCC2CC2)CC1. The predicted molar refractivity (Wildman–Crippen MR) is 76.9 cm³/mol. The Hall–Kier alpha value is -0.650. The first-order chi connectivity index (χ1) is 9.22. The first kappa shape index (κ1) is 14.8. The van der Waals surface area contributed by atoms with E-state index in [1.807, 2.05) is 0 Å². The van der Waals surface area contributed by atoms with Gasteiger partial charge in [-0.15, -0.1) is 0 Å². The summed E-state index contributed by atoms with van der Waals surface area (Å²) in [6, 6.07) is 0.505. The molecule has 1 amide bonds. The number of rotatable bonds is 7. The summed E-state index contributed by atoms with van der Waals surface area (Å²) in [6.45, 7) is 8.38. The van der Waals surface area contributed by atoms with Crippen LogP contribution >= 0.6 is 0 Å². The molecule has 0 radical (unpaired) electrons. The zero-order valence-electron chi connectivity index (χ0n) is 12.1. The molecule has 1 heterocycles. The van der Waals surface area contributed by atoms with Crippen LogP contribution in [-0.4, -0.2) is 67.6 Å². The van der Waals surface area contributed by atoms with Crippen LogP contribution in [0.25, 0.3) is 0 Å². The molecular weight excluding hydrogens is 240 g/mol. The van der Waals surface area contributed by atoms with Crippen LogP contribution in [0.15, 0.2) is 0 Å². The molecule has 5 nitrogen and oxygen atoms in total. The van der Waals surface area contributed by atoms with E-state index in [-0.39, 0.29) is 5.91 Å². The van der Waals surface area contributed by atoms with Crippen LogP contribution in [0.4, 0.5) is 0 Å². The van der Waals surface area contributed by atoms with Gasteiger partial charge in [-0.1, -0.05) is 6.92 Å². The average Bonchev–Trinajstić information content (AvgIpc) is 3.24. The van der Waals surface area contributed by atoms with E-state index in [4.69, 9.17) is 5.73 Å². The maximum atomic E-state index is 11.8.